The van der Waals surface area contributed by atoms with E-state index in [-0.39, 0.29) is 17.6 Å². The molecule has 1 aliphatic rings. The molecule has 4 N–H and O–H groups in total. The second-order valence-corrected chi connectivity index (χ2v) is 6.94. The number of aromatic amines is 1. The number of phenolic OH excluding ortho intramolecular Hbond substituents is 1. The fourth-order valence-corrected chi connectivity index (χ4v) is 3.53. The van der Waals surface area contributed by atoms with Crippen molar-refractivity contribution in [2.24, 2.45) is 5.92 Å². The lowest BCUT2D eigenvalue weighted by Gasteiger charge is -2.21. The Bertz CT molecular complexity index is 963. The van der Waals surface area contributed by atoms with E-state index < -0.39 is 0 Å². The third-order valence-electron chi connectivity index (χ3n) is 4.73. The highest BCUT2D eigenvalue weighted by Gasteiger charge is 2.22. The van der Waals surface area contributed by atoms with Gasteiger partial charge in [0.2, 0.25) is 5.91 Å². The van der Waals surface area contributed by atoms with Gasteiger partial charge in [0.25, 0.3) is 0 Å². The molecule has 0 saturated carbocycles. The molecule has 26 heavy (non-hydrogen) atoms. The predicted octanol–water partition coefficient (Wildman–Crippen LogP) is 3.53. The minimum atomic E-state index is -0.0424. The molecule has 1 atom stereocenters. The first-order valence-corrected chi connectivity index (χ1v) is 8.98. The summed E-state index contributed by atoms with van der Waals surface area (Å²) in [6.07, 6.45) is 1.88. The number of piperidine rings is 1. The van der Waals surface area contributed by atoms with E-state index in [1.165, 1.54) is 0 Å². The van der Waals surface area contributed by atoms with E-state index in [9.17, 15) is 9.90 Å². The summed E-state index contributed by atoms with van der Waals surface area (Å²) in [5.74, 6) is 0.592. The molecule has 0 spiro atoms. The largest absolute Gasteiger partial charge is 0.508 e. The van der Waals surface area contributed by atoms with Crippen molar-refractivity contribution in [3.8, 4) is 16.9 Å². The third-order valence-corrected chi connectivity index (χ3v) is 5.06. The van der Waals surface area contributed by atoms with Crippen molar-refractivity contribution in [2.45, 2.75) is 12.8 Å². The molecule has 0 radical (unpaired) electrons. The lowest BCUT2D eigenvalue weighted by Crippen LogP contribution is -2.37. The number of hydrogen-bond donors (Lipinski definition) is 4. The molecule has 0 unspecified atom stereocenters. The van der Waals surface area contributed by atoms with Crippen molar-refractivity contribution < 1.29 is 9.90 Å². The molecule has 0 aliphatic carbocycles. The number of amides is 1. The zero-order valence-electron chi connectivity index (χ0n) is 14.1. The number of nitrogens with one attached hydrogen (secondary N) is 3. The smallest absolute Gasteiger partial charge is 0.229 e. The van der Waals surface area contributed by atoms with Crippen molar-refractivity contribution in [3.05, 3.63) is 41.4 Å². The molecule has 0 bridgehead atoms. The SMILES string of the molecule is O=C(Nc1n[nH]c2ccc(-c3cc(O)ccc3Cl)cc12)[C@@H]1CCCNC1. The topological polar surface area (TPSA) is 90.0 Å². The number of halogens is 1. The summed E-state index contributed by atoms with van der Waals surface area (Å²) in [7, 11) is 0. The zero-order chi connectivity index (χ0) is 18.1. The van der Waals surface area contributed by atoms with Gasteiger partial charge in [0.15, 0.2) is 5.82 Å². The number of H-pyrrole nitrogens is 1. The van der Waals surface area contributed by atoms with Crippen LogP contribution in [0.5, 0.6) is 5.75 Å². The number of aromatic nitrogens is 2. The Morgan fingerprint density at radius 1 is 1.27 bits per heavy atom. The summed E-state index contributed by atoms with van der Waals surface area (Å²) in [5.41, 5.74) is 2.39. The maximum absolute atomic E-state index is 12.5. The van der Waals surface area contributed by atoms with Crippen molar-refractivity contribution >= 4 is 34.2 Å². The Morgan fingerprint density at radius 3 is 2.96 bits per heavy atom. The minimum absolute atomic E-state index is 0.0219. The number of hydrogen-bond acceptors (Lipinski definition) is 4. The van der Waals surface area contributed by atoms with Gasteiger partial charge in [-0.3, -0.25) is 9.89 Å². The van der Waals surface area contributed by atoms with Gasteiger partial charge in [-0.05, 0) is 55.3 Å². The van der Waals surface area contributed by atoms with Gasteiger partial charge < -0.3 is 15.7 Å². The van der Waals surface area contributed by atoms with Crippen molar-refractivity contribution in [1.82, 2.24) is 15.5 Å². The summed E-state index contributed by atoms with van der Waals surface area (Å²) in [4.78, 5) is 12.5. The molecule has 134 valence electrons. The Hall–Kier alpha value is -2.57. The molecule has 2 aromatic carbocycles. The average Bonchev–Trinajstić information content (AvgIpc) is 3.06. The normalized spacial score (nSPS) is 17.3. The van der Waals surface area contributed by atoms with Crippen LogP contribution in [0.2, 0.25) is 5.02 Å². The molecule has 1 aromatic heterocycles. The highest BCUT2D eigenvalue weighted by Crippen LogP contribution is 2.34. The fourth-order valence-electron chi connectivity index (χ4n) is 3.31. The Labute approximate surface area is 155 Å². The molecule has 7 heteroatoms. The summed E-state index contributed by atoms with van der Waals surface area (Å²) in [6.45, 7) is 1.65. The van der Waals surface area contributed by atoms with Crippen LogP contribution in [-0.2, 0) is 4.79 Å². The standard InChI is InChI=1S/C19H19ClN4O2/c20-16-5-4-13(25)9-14(16)11-3-6-17-15(8-11)18(24-23-17)22-19(26)12-2-1-7-21-10-12/h3-6,8-9,12,21,25H,1-2,7,10H2,(H2,22,23,24,26)/t12-/m1/s1. The summed E-state index contributed by atoms with van der Waals surface area (Å²) in [5, 5.41) is 24.5. The van der Waals surface area contributed by atoms with E-state index in [1.54, 1.807) is 18.2 Å². The van der Waals surface area contributed by atoms with Crippen LogP contribution in [0.4, 0.5) is 5.82 Å². The monoisotopic (exact) mass is 370 g/mol. The van der Waals surface area contributed by atoms with E-state index in [0.717, 1.165) is 41.4 Å². The Morgan fingerprint density at radius 2 is 2.15 bits per heavy atom. The number of aromatic hydroxyl groups is 1. The van der Waals surface area contributed by atoms with E-state index in [0.29, 0.717) is 17.4 Å². The lowest BCUT2D eigenvalue weighted by molar-refractivity contribution is -0.120. The number of carbonyl (C=O) groups is 1. The number of fused-ring (bicyclic) bond motifs is 1. The molecule has 1 amide bonds. The Kier molecular flexibility index (Phi) is 4.53. The van der Waals surface area contributed by atoms with Gasteiger partial charge in [0, 0.05) is 22.5 Å². The van der Waals surface area contributed by atoms with Crippen LogP contribution in [0.3, 0.4) is 0 Å². The van der Waals surface area contributed by atoms with Crippen molar-refractivity contribution in [3.63, 3.8) is 0 Å². The number of phenols is 1. The van der Waals surface area contributed by atoms with Crippen LogP contribution >= 0.6 is 11.6 Å². The molecule has 1 aliphatic heterocycles. The van der Waals surface area contributed by atoms with E-state index in [1.807, 2.05) is 18.2 Å². The fraction of sp³-hybridized carbons (Fsp3) is 0.263. The summed E-state index contributed by atoms with van der Waals surface area (Å²) >= 11 is 6.27. The first-order chi connectivity index (χ1) is 12.6. The third kappa shape index (κ3) is 3.25. The molecule has 2 heterocycles. The summed E-state index contributed by atoms with van der Waals surface area (Å²) < 4.78 is 0. The number of carbonyl (C=O) groups excluding carboxylic acids is 1. The first-order valence-electron chi connectivity index (χ1n) is 8.60. The van der Waals surface area contributed by atoms with E-state index in [2.05, 4.69) is 20.8 Å². The minimum Gasteiger partial charge on any atom is -0.508 e. The molecule has 1 fully saturated rings. The van der Waals surface area contributed by atoms with E-state index >= 15 is 0 Å². The van der Waals surface area contributed by atoms with Gasteiger partial charge in [-0.2, -0.15) is 5.10 Å². The van der Waals surface area contributed by atoms with Crippen molar-refractivity contribution in [2.75, 3.05) is 18.4 Å². The average molecular weight is 371 g/mol. The van der Waals surface area contributed by atoms with Gasteiger partial charge in [0.1, 0.15) is 5.75 Å². The highest BCUT2D eigenvalue weighted by atomic mass is 35.5. The molecule has 1 saturated heterocycles. The number of nitrogens with zero attached hydrogens (tertiary/aromatic N) is 1. The molecular weight excluding hydrogens is 352 g/mol. The van der Waals surface area contributed by atoms with Crippen molar-refractivity contribution in [1.29, 1.82) is 0 Å². The molecule has 4 rings (SSSR count). The number of benzene rings is 2. The number of rotatable bonds is 3. The van der Waals surface area contributed by atoms with Crippen LogP contribution in [0.15, 0.2) is 36.4 Å². The second kappa shape index (κ2) is 6.97. The van der Waals surface area contributed by atoms with Crippen LogP contribution in [-0.4, -0.2) is 34.3 Å². The van der Waals surface area contributed by atoms with Crippen LogP contribution in [0, 0.1) is 5.92 Å². The quantitative estimate of drug-likeness (QED) is 0.567. The molecule has 3 aromatic rings. The maximum atomic E-state index is 12.5. The van der Waals surface area contributed by atoms with Crippen LogP contribution in [0.1, 0.15) is 12.8 Å². The number of anilines is 1. The lowest BCUT2D eigenvalue weighted by atomic mass is 9.99. The van der Waals surface area contributed by atoms with Gasteiger partial charge in [-0.15, -0.1) is 0 Å². The van der Waals surface area contributed by atoms with Crippen LogP contribution < -0.4 is 10.6 Å². The maximum Gasteiger partial charge on any atom is 0.229 e. The molecule has 6 nitrogen and oxygen atoms in total. The van der Waals surface area contributed by atoms with E-state index in [4.69, 9.17) is 11.6 Å². The van der Waals surface area contributed by atoms with Gasteiger partial charge in [0.05, 0.1) is 11.4 Å². The van der Waals surface area contributed by atoms with Gasteiger partial charge in [-0.25, -0.2) is 0 Å². The molecular formula is C19H19ClN4O2. The van der Waals surface area contributed by atoms with Gasteiger partial charge >= 0.3 is 0 Å². The second-order valence-electron chi connectivity index (χ2n) is 6.53. The first kappa shape index (κ1) is 16.9. The highest BCUT2D eigenvalue weighted by molar-refractivity contribution is 6.33. The Balaban J connectivity index is 1.66. The van der Waals surface area contributed by atoms with Crippen LogP contribution in [0.25, 0.3) is 22.0 Å². The van der Waals surface area contributed by atoms with Gasteiger partial charge in [-0.1, -0.05) is 17.7 Å². The zero-order valence-corrected chi connectivity index (χ0v) is 14.8. The predicted molar refractivity (Wildman–Crippen MR) is 102 cm³/mol. The summed E-state index contributed by atoms with van der Waals surface area (Å²) in [6, 6.07) is 10.5.